The summed E-state index contributed by atoms with van der Waals surface area (Å²) in [5.41, 5.74) is 10.9. The summed E-state index contributed by atoms with van der Waals surface area (Å²) >= 11 is 0. The summed E-state index contributed by atoms with van der Waals surface area (Å²) in [4.78, 5) is 0.491. The van der Waals surface area contributed by atoms with Gasteiger partial charge in [-0.3, -0.25) is 4.21 Å². The van der Waals surface area contributed by atoms with Crippen molar-refractivity contribution in [2.75, 3.05) is 5.75 Å². The van der Waals surface area contributed by atoms with Crippen LogP contribution in [0.3, 0.4) is 0 Å². The van der Waals surface area contributed by atoms with Crippen molar-refractivity contribution in [1.82, 2.24) is 21.9 Å². The topological polar surface area (TPSA) is 65.2 Å². The van der Waals surface area contributed by atoms with E-state index in [1.165, 1.54) is 12.1 Å². The van der Waals surface area contributed by atoms with Crippen molar-refractivity contribution in [2.24, 2.45) is 0 Å². The Balaban J connectivity index is 2.01. The molecule has 15 heavy (non-hydrogen) atoms. The lowest BCUT2D eigenvalue weighted by Crippen LogP contribution is -2.38. The second-order valence-corrected chi connectivity index (χ2v) is 4.56. The van der Waals surface area contributed by atoms with Crippen LogP contribution in [0.25, 0.3) is 0 Å². The molecule has 2 rings (SSSR count). The molecule has 4 N–H and O–H groups in total. The molecular weight excluding hydrogens is 219 g/mol. The molecule has 1 aliphatic heterocycles. The Labute approximate surface area is 88.8 Å². The van der Waals surface area contributed by atoms with Gasteiger partial charge in [-0.05, 0) is 18.2 Å². The molecule has 0 amide bonds. The monoisotopic (exact) mass is 230 g/mol. The molecule has 0 radical (unpaired) electrons. The minimum atomic E-state index is -1.23. The van der Waals surface area contributed by atoms with Crippen LogP contribution < -0.4 is 21.9 Å². The molecule has 0 bridgehead atoms. The minimum absolute atomic E-state index is 0.144. The number of hydrazine groups is 3. The van der Waals surface area contributed by atoms with E-state index in [1.54, 1.807) is 12.1 Å². The van der Waals surface area contributed by atoms with Gasteiger partial charge >= 0.3 is 0 Å². The van der Waals surface area contributed by atoms with Gasteiger partial charge in [-0.25, -0.2) is 15.2 Å². The molecule has 0 aliphatic carbocycles. The summed E-state index contributed by atoms with van der Waals surface area (Å²) in [7, 11) is -1.23. The molecule has 1 unspecified atom stereocenters. The van der Waals surface area contributed by atoms with E-state index in [1.807, 2.05) is 0 Å². The van der Waals surface area contributed by atoms with Crippen molar-refractivity contribution in [2.45, 2.75) is 11.1 Å². The third-order valence-electron chi connectivity index (χ3n) is 1.93. The molecule has 1 aromatic rings. The van der Waals surface area contributed by atoms with E-state index >= 15 is 0 Å². The molecule has 1 atom stereocenters. The Morgan fingerprint density at radius 2 is 2.07 bits per heavy atom. The van der Waals surface area contributed by atoms with Crippen molar-refractivity contribution >= 4 is 10.8 Å². The first-order valence-corrected chi connectivity index (χ1v) is 5.72. The Morgan fingerprint density at radius 1 is 1.33 bits per heavy atom. The van der Waals surface area contributed by atoms with E-state index in [2.05, 4.69) is 21.9 Å². The summed E-state index contributed by atoms with van der Waals surface area (Å²) in [5.74, 6) is -0.0202. The van der Waals surface area contributed by atoms with Crippen molar-refractivity contribution in [3.63, 3.8) is 0 Å². The van der Waals surface area contributed by atoms with Gasteiger partial charge in [0.25, 0.3) is 0 Å². The quantitative estimate of drug-likeness (QED) is 0.557. The maximum Gasteiger partial charge on any atom is 0.124 e. The molecule has 1 fully saturated rings. The molecule has 1 saturated heterocycles. The number of hydrogen-bond acceptors (Lipinski definition) is 5. The van der Waals surface area contributed by atoms with Gasteiger partial charge in [0.1, 0.15) is 5.82 Å². The normalized spacial score (nSPS) is 19.3. The molecule has 82 valence electrons. The highest BCUT2D eigenvalue weighted by atomic mass is 32.2. The standard InChI is InChI=1S/C8H11FN4OS/c9-6-2-1-3-7(4-6)15(14)5-8-10-12-13-11-8/h1-4,8,10-13H,5H2. The molecule has 0 spiro atoms. The van der Waals surface area contributed by atoms with Crippen molar-refractivity contribution in [3.8, 4) is 0 Å². The Morgan fingerprint density at radius 3 is 2.73 bits per heavy atom. The van der Waals surface area contributed by atoms with Gasteiger partial charge in [0.15, 0.2) is 0 Å². The predicted molar refractivity (Wildman–Crippen MR) is 54.0 cm³/mol. The van der Waals surface area contributed by atoms with E-state index in [0.29, 0.717) is 10.6 Å². The van der Waals surface area contributed by atoms with Crippen LogP contribution in [0.1, 0.15) is 0 Å². The van der Waals surface area contributed by atoms with Gasteiger partial charge in [-0.15, -0.1) is 0 Å². The Hall–Kier alpha value is -0.860. The molecule has 0 aromatic heterocycles. The van der Waals surface area contributed by atoms with Gasteiger partial charge < -0.3 is 0 Å². The summed E-state index contributed by atoms with van der Waals surface area (Å²) < 4.78 is 24.6. The minimum Gasteiger partial charge on any atom is -0.254 e. The van der Waals surface area contributed by atoms with Crippen LogP contribution in [0.5, 0.6) is 0 Å². The zero-order valence-corrected chi connectivity index (χ0v) is 8.60. The van der Waals surface area contributed by atoms with Crippen LogP contribution >= 0.6 is 0 Å². The largest absolute Gasteiger partial charge is 0.254 e. The number of hydrogen-bond donors (Lipinski definition) is 4. The van der Waals surface area contributed by atoms with Crippen molar-refractivity contribution < 1.29 is 8.60 Å². The van der Waals surface area contributed by atoms with Crippen LogP contribution in [-0.4, -0.2) is 16.1 Å². The average molecular weight is 230 g/mol. The van der Waals surface area contributed by atoms with Crippen molar-refractivity contribution in [1.29, 1.82) is 0 Å². The summed E-state index contributed by atoms with van der Waals surface area (Å²) in [5, 5.41) is 0. The first-order valence-electron chi connectivity index (χ1n) is 4.41. The SMILES string of the molecule is O=S(CC1NNNN1)c1cccc(F)c1. The first-order chi connectivity index (χ1) is 7.25. The van der Waals surface area contributed by atoms with E-state index in [-0.39, 0.29) is 12.0 Å². The fourth-order valence-corrected chi connectivity index (χ4v) is 2.36. The lowest BCUT2D eigenvalue weighted by atomic mass is 10.4. The highest BCUT2D eigenvalue weighted by molar-refractivity contribution is 7.85. The van der Waals surface area contributed by atoms with E-state index in [9.17, 15) is 8.60 Å². The zero-order chi connectivity index (χ0) is 10.7. The van der Waals surface area contributed by atoms with Gasteiger partial charge in [0.05, 0.1) is 22.7 Å². The zero-order valence-electron chi connectivity index (χ0n) is 7.79. The van der Waals surface area contributed by atoms with Crippen LogP contribution in [0, 0.1) is 5.82 Å². The first kappa shape index (κ1) is 10.7. The molecule has 0 saturated carbocycles. The highest BCUT2D eigenvalue weighted by Crippen LogP contribution is 2.09. The highest BCUT2D eigenvalue weighted by Gasteiger charge is 2.16. The van der Waals surface area contributed by atoms with Gasteiger partial charge in [-0.2, -0.15) is 11.1 Å². The molecule has 1 aromatic carbocycles. The van der Waals surface area contributed by atoms with Crippen molar-refractivity contribution in [3.05, 3.63) is 30.1 Å². The second-order valence-electron chi connectivity index (χ2n) is 3.06. The van der Waals surface area contributed by atoms with Gasteiger partial charge in [0, 0.05) is 4.90 Å². The molecule has 1 aliphatic rings. The van der Waals surface area contributed by atoms with Crippen LogP contribution in [-0.2, 0) is 10.8 Å². The number of nitrogens with one attached hydrogen (secondary N) is 4. The third-order valence-corrected chi connectivity index (χ3v) is 3.35. The number of halogens is 1. The van der Waals surface area contributed by atoms with Crippen LogP contribution in [0.2, 0.25) is 0 Å². The summed E-state index contributed by atoms with van der Waals surface area (Å²) in [6.45, 7) is 0. The number of benzene rings is 1. The smallest absolute Gasteiger partial charge is 0.124 e. The van der Waals surface area contributed by atoms with E-state index in [0.717, 1.165) is 0 Å². The molecule has 1 heterocycles. The predicted octanol–water partition coefficient (Wildman–Crippen LogP) is -0.624. The van der Waals surface area contributed by atoms with Crippen LogP contribution in [0.4, 0.5) is 4.39 Å². The maximum atomic E-state index is 12.9. The fourth-order valence-electron chi connectivity index (χ4n) is 1.22. The maximum absolute atomic E-state index is 12.9. The van der Waals surface area contributed by atoms with Gasteiger partial charge in [-0.1, -0.05) is 6.07 Å². The molecular formula is C8H11FN4OS. The van der Waals surface area contributed by atoms with E-state index < -0.39 is 10.8 Å². The summed E-state index contributed by atoms with van der Waals surface area (Å²) in [6, 6.07) is 5.81. The third kappa shape index (κ3) is 2.80. The van der Waals surface area contributed by atoms with Crippen LogP contribution in [0.15, 0.2) is 29.2 Å². The molecule has 7 heteroatoms. The molecule has 5 nitrogen and oxygen atoms in total. The second kappa shape index (κ2) is 4.77. The lowest BCUT2D eigenvalue weighted by molar-refractivity contribution is 0.556. The average Bonchev–Trinajstić information content (AvgIpc) is 2.70. The van der Waals surface area contributed by atoms with E-state index in [4.69, 9.17) is 0 Å². The number of rotatable bonds is 3. The Kier molecular flexibility index (Phi) is 3.39. The fraction of sp³-hybridized carbons (Fsp3) is 0.250. The van der Waals surface area contributed by atoms with Gasteiger partial charge in [0.2, 0.25) is 0 Å². The Bertz CT molecular complexity index is 369. The lowest BCUT2D eigenvalue weighted by Gasteiger charge is -2.08. The summed E-state index contributed by atoms with van der Waals surface area (Å²) in [6.07, 6.45) is -0.144.